The summed E-state index contributed by atoms with van der Waals surface area (Å²) < 4.78 is 14.1. The fraction of sp³-hybridized carbons (Fsp3) is 0.300. The van der Waals surface area contributed by atoms with Crippen molar-refractivity contribution in [3.8, 4) is 0 Å². The van der Waals surface area contributed by atoms with Gasteiger partial charge in [0.2, 0.25) is 11.8 Å². The Morgan fingerprint density at radius 1 is 1.11 bits per heavy atom. The van der Waals surface area contributed by atoms with Gasteiger partial charge in [0, 0.05) is 24.2 Å². The zero-order chi connectivity index (χ0) is 20.8. The lowest BCUT2D eigenvalue weighted by Gasteiger charge is -2.30. The second-order valence-electron chi connectivity index (χ2n) is 6.19. The summed E-state index contributed by atoms with van der Waals surface area (Å²) in [6.07, 6.45) is 0.123. The molecule has 28 heavy (non-hydrogen) atoms. The molecule has 0 spiro atoms. The second-order valence-corrected chi connectivity index (χ2v) is 7.41. The highest BCUT2D eigenvalue weighted by molar-refractivity contribution is 6.42. The van der Waals surface area contributed by atoms with E-state index in [1.807, 2.05) is 0 Å². The van der Waals surface area contributed by atoms with Crippen LogP contribution in [0.1, 0.15) is 24.5 Å². The van der Waals surface area contributed by atoms with E-state index < -0.39 is 17.8 Å². The number of nitrogens with one attached hydrogen (secondary N) is 1. The number of halogens is 4. The molecule has 0 radical (unpaired) electrons. The Labute approximate surface area is 178 Å². The molecule has 0 aliphatic rings. The largest absolute Gasteiger partial charge is 0.357 e. The van der Waals surface area contributed by atoms with Crippen LogP contribution in [0.4, 0.5) is 4.39 Å². The third-order valence-electron chi connectivity index (χ3n) is 4.36. The van der Waals surface area contributed by atoms with Crippen LogP contribution in [-0.2, 0) is 22.6 Å². The molecule has 2 aromatic carbocycles. The Kier molecular flexibility index (Phi) is 8.10. The lowest BCUT2D eigenvalue weighted by Crippen LogP contribution is -2.48. The molecule has 0 saturated carbocycles. The molecule has 8 heteroatoms. The van der Waals surface area contributed by atoms with Crippen molar-refractivity contribution in [1.82, 2.24) is 10.2 Å². The van der Waals surface area contributed by atoms with Crippen LogP contribution in [0.5, 0.6) is 0 Å². The maximum absolute atomic E-state index is 14.1. The van der Waals surface area contributed by atoms with E-state index in [1.165, 1.54) is 30.1 Å². The van der Waals surface area contributed by atoms with E-state index in [0.29, 0.717) is 22.0 Å². The molecule has 2 amide bonds. The van der Waals surface area contributed by atoms with E-state index >= 15 is 0 Å². The lowest BCUT2D eigenvalue weighted by molar-refractivity contribution is -0.140. The van der Waals surface area contributed by atoms with Crippen molar-refractivity contribution < 1.29 is 14.0 Å². The summed E-state index contributed by atoms with van der Waals surface area (Å²) in [6, 6.07) is 8.49. The van der Waals surface area contributed by atoms with Crippen molar-refractivity contribution in [2.75, 3.05) is 7.05 Å². The average molecular weight is 446 g/mol. The van der Waals surface area contributed by atoms with Crippen molar-refractivity contribution in [3.63, 3.8) is 0 Å². The molecule has 1 atom stereocenters. The normalized spacial score (nSPS) is 11.8. The minimum atomic E-state index is -0.725. The van der Waals surface area contributed by atoms with Crippen molar-refractivity contribution in [2.45, 2.75) is 32.4 Å². The molecule has 0 aromatic heterocycles. The SMILES string of the molecule is CC[C@@H](C(=O)NC)N(Cc1ccc(Cl)c(Cl)c1)C(=O)Cc1c(F)cccc1Cl. The van der Waals surface area contributed by atoms with Gasteiger partial charge < -0.3 is 10.2 Å². The molecule has 0 saturated heterocycles. The minimum absolute atomic E-state index is 0.0973. The van der Waals surface area contributed by atoms with Crippen molar-refractivity contribution in [1.29, 1.82) is 0 Å². The summed E-state index contributed by atoms with van der Waals surface area (Å²) in [5.74, 6) is -1.30. The first-order chi connectivity index (χ1) is 13.3. The number of carbonyl (C=O) groups is 2. The number of hydrogen-bond acceptors (Lipinski definition) is 2. The molecule has 0 bridgehead atoms. The molecule has 2 aromatic rings. The molecule has 0 aliphatic heterocycles. The van der Waals surface area contributed by atoms with Gasteiger partial charge in [0.25, 0.3) is 0 Å². The maximum atomic E-state index is 14.1. The van der Waals surface area contributed by atoms with Crippen molar-refractivity contribution in [3.05, 3.63) is 68.4 Å². The third-order valence-corrected chi connectivity index (χ3v) is 5.45. The van der Waals surface area contributed by atoms with Gasteiger partial charge in [0.05, 0.1) is 16.5 Å². The van der Waals surface area contributed by atoms with E-state index in [9.17, 15) is 14.0 Å². The average Bonchev–Trinajstić information content (AvgIpc) is 2.67. The number of hydrogen-bond donors (Lipinski definition) is 1. The predicted molar refractivity (Wildman–Crippen MR) is 110 cm³/mol. The Morgan fingerprint density at radius 2 is 1.82 bits per heavy atom. The van der Waals surface area contributed by atoms with Crippen molar-refractivity contribution in [2.24, 2.45) is 0 Å². The van der Waals surface area contributed by atoms with Crippen LogP contribution in [0, 0.1) is 5.82 Å². The van der Waals surface area contributed by atoms with Crippen LogP contribution in [0.3, 0.4) is 0 Å². The van der Waals surface area contributed by atoms with Gasteiger partial charge in [-0.3, -0.25) is 9.59 Å². The van der Waals surface area contributed by atoms with Gasteiger partial charge in [-0.1, -0.05) is 53.9 Å². The standard InChI is InChI=1S/C20H20Cl3FN2O2/c1-3-18(20(28)25-2)26(11-12-7-8-15(22)16(23)9-12)19(27)10-13-14(21)5-4-6-17(13)24/h4-9,18H,3,10-11H2,1-2H3,(H,25,28)/t18-/m0/s1. The quantitative estimate of drug-likeness (QED) is 0.660. The van der Waals surface area contributed by atoms with Gasteiger partial charge in [-0.25, -0.2) is 4.39 Å². The Morgan fingerprint density at radius 3 is 2.39 bits per heavy atom. The van der Waals surface area contributed by atoms with Crippen LogP contribution in [0.25, 0.3) is 0 Å². The topological polar surface area (TPSA) is 49.4 Å². The van der Waals surface area contributed by atoms with E-state index in [4.69, 9.17) is 34.8 Å². The monoisotopic (exact) mass is 444 g/mol. The van der Waals surface area contributed by atoms with Crippen LogP contribution in [0.15, 0.2) is 36.4 Å². The fourth-order valence-corrected chi connectivity index (χ4v) is 3.43. The predicted octanol–water partition coefficient (Wildman–Crippen LogP) is 4.88. The van der Waals surface area contributed by atoms with Crippen molar-refractivity contribution >= 4 is 46.6 Å². The number of likely N-dealkylation sites (N-methyl/N-ethyl adjacent to an activating group) is 1. The summed E-state index contributed by atoms with van der Waals surface area (Å²) in [6.45, 7) is 1.92. The molecule has 4 nitrogen and oxygen atoms in total. The molecule has 1 N–H and O–H groups in total. The van der Waals surface area contributed by atoms with Gasteiger partial charge in [0.15, 0.2) is 0 Å². The van der Waals surface area contributed by atoms with Gasteiger partial charge >= 0.3 is 0 Å². The number of amides is 2. The summed E-state index contributed by atoms with van der Waals surface area (Å²) >= 11 is 18.1. The van der Waals surface area contributed by atoms with Crippen LogP contribution < -0.4 is 5.32 Å². The Balaban J connectivity index is 2.37. The number of rotatable bonds is 7. The number of carbonyl (C=O) groups excluding carboxylic acids is 2. The number of nitrogens with zero attached hydrogens (tertiary/aromatic N) is 1. The van der Waals surface area contributed by atoms with Gasteiger partial charge in [-0.05, 0) is 36.2 Å². The van der Waals surface area contributed by atoms with Gasteiger partial charge in [-0.2, -0.15) is 0 Å². The van der Waals surface area contributed by atoms with Crippen LogP contribution in [-0.4, -0.2) is 29.8 Å². The molecule has 150 valence electrons. The van der Waals surface area contributed by atoms with Gasteiger partial charge in [-0.15, -0.1) is 0 Å². The lowest BCUT2D eigenvalue weighted by atomic mass is 10.1. The third kappa shape index (κ3) is 5.37. The molecule has 2 rings (SSSR count). The zero-order valence-electron chi connectivity index (χ0n) is 15.4. The van der Waals surface area contributed by atoms with E-state index in [2.05, 4.69) is 5.32 Å². The molecule has 0 unspecified atom stereocenters. The summed E-state index contributed by atoms with van der Waals surface area (Å²) in [5.41, 5.74) is 0.796. The van der Waals surface area contributed by atoms with Gasteiger partial charge in [0.1, 0.15) is 11.9 Å². The van der Waals surface area contributed by atoms with E-state index in [1.54, 1.807) is 25.1 Å². The van der Waals surface area contributed by atoms with Crippen LogP contribution >= 0.6 is 34.8 Å². The molecule has 0 aliphatic carbocycles. The van der Waals surface area contributed by atoms with E-state index in [0.717, 1.165) is 0 Å². The first kappa shape index (κ1) is 22.5. The first-order valence-electron chi connectivity index (χ1n) is 8.66. The molecule has 0 heterocycles. The maximum Gasteiger partial charge on any atom is 0.242 e. The summed E-state index contributed by atoms with van der Waals surface area (Å²) in [4.78, 5) is 26.8. The minimum Gasteiger partial charge on any atom is -0.357 e. The smallest absolute Gasteiger partial charge is 0.242 e. The highest BCUT2D eigenvalue weighted by Gasteiger charge is 2.29. The van der Waals surface area contributed by atoms with Crippen LogP contribution in [0.2, 0.25) is 15.1 Å². The molecular formula is C20H20Cl3FN2O2. The highest BCUT2D eigenvalue weighted by atomic mass is 35.5. The fourth-order valence-electron chi connectivity index (χ4n) is 2.87. The van der Waals surface area contributed by atoms with E-state index in [-0.39, 0.29) is 29.5 Å². The summed E-state index contributed by atoms with van der Waals surface area (Å²) in [7, 11) is 1.50. The first-order valence-corrected chi connectivity index (χ1v) is 9.79. The number of benzene rings is 2. The highest BCUT2D eigenvalue weighted by Crippen LogP contribution is 2.25. The zero-order valence-corrected chi connectivity index (χ0v) is 17.7. The molecule has 0 fully saturated rings. The second kappa shape index (κ2) is 10.1. The Hall–Kier alpha value is -1.82. The molecular weight excluding hydrogens is 426 g/mol. The summed E-state index contributed by atoms with van der Waals surface area (Å²) in [5, 5.41) is 3.46. The Bertz CT molecular complexity index is 856.